The molecule has 5 heteroatoms. The number of nitrogens with one attached hydrogen (secondary N) is 1. The van der Waals surface area contributed by atoms with Crippen LogP contribution >= 0.6 is 11.3 Å². The topological polar surface area (TPSA) is 68.0 Å². The summed E-state index contributed by atoms with van der Waals surface area (Å²) in [7, 11) is 0. The van der Waals surface area contributed by atoms with Crippen LogP contribution in [0.25, 0.3) is 0 Å². The predicted octanol–water partition coefficient (Wildman–Crippen LogP) is 2.35. The lowest BCUT2D eigenvalue weighted by Gasteiger charge is -2.10. The molecule has 1 aromatic heterocycles. The van der Waals surface area contributed by atoms with Gasteiger partial charge in [0.05, 0.1) is 11.7 Å². The second-order valence-electron chi connectivity index (χ2n) is 4.41. The van der Waals surface area contributed by atoms with Crippen LogP contribution in [0, 0.1) is 6.92 Å². The number of benzene rings is 1. The number of aromatic nitrogens is 1. The molecule has 0 spiro atoms. The lowest BCUT2D eigenvalue weighted by Crippen LogP contribution is -2.36. The van der Waals surface area contributed by atoms with E-state index in [0.29, 0.717) is 11.6 Å². The highest BCUT2D eigenvalue weighted by atomic mass is 32.1. The van der Waals surface area contributed by atoms with E-state index in [4.69, 9.17) is 5.73 Å². The summed E-state index contributed by atoms with van der Waals surface area (Å²) in [6, 6.07) is 9.51. The Morgan fingerprint density at radius 1 is 1.42 bits per heavy atom. The lowest BCUT2D eigenvalue weighted by atomic mass is 10.1. The molecule has 0 radical (unpaired) electrons. The van der Waals surface area contributed by atoms with E-state index in [-0.39, 0.29) is 5.91 Å². The fourth-order valence-electron chi connectivity index (χ4n) is 1.71. The number of hydrogen-bond acceptors (Lipinski definition) is 4. The molecule has 1 unspecified atom stereocenters. The smallest absolute Gasteiger partial charge is 0.243 e. The summed E-state index contributed by atoms with van der Waals surface area (Å²) in [6.45, 7) is 1.89. The standard InChI is InChI=1S/C14H17N3OS/c1-10-9-19-14(16-10)17-13(18)12(15)8-7-11-5-3-2-4-6-11/h2-6,9,12H,7-8,15H2,1H3,(H,16,17,18). The number of carbonyl (C=O) groups excluding carboxylic acids is 1. The Morgan fingerprint density at radius 2 is 2.16 bits per heavy atom. The number of thiazole rings is 1. The van der Waals surface area contributed by atoms with Crippen molar-refractivity contribution < 1.29 is 4.79 Å². The molecule has 0 fully saturated rings. The number of hydrogen-bond donors (Lipinski definition) is 2. The molecule has 0 aliphatic rings. The van der Waals surface area contributed by atoms with Crippen molar-refractivity contribution in [2.24, 2.45) is 5.73 Å². The van der Waals surface area contributed by atoms with Crippen molar-refractivity contribution in [1.82, 2.24) is 4.98 Å². The van der Waals surface area contributed by atoms with E-state index in [1.807, 2.05) is 42.6 Å². The van der Waals surface area contributed by atoms with Gasteiger partial charge in [-0.1, -0.05) is 30.3 Å². The van der Waals surface area contributed by atoms with Gasteiger partial charge in [0.15, 0.2) is 5.13 Å². The van der Waals surface area contributed by atoms with Crippen LogP contribution in [0.2, 0.25) is 0 Å². The highest BCUT2D eigenvalue weighted by molar-refractivity contribution is 7.13. The monoisotopic (exact) mass is 275 g/mol. The van der Waals surface area contributed by atoms with Gasteiger partial charge in [-0.05, 0) is 25.3 Å². The first kappa shape index (κ1) is 13.7. The third-order valence-corrected chi connectivity index (χ3v) is 3.65. The van der Waals surface area contributed by atoms with E-state index in [1.165, 1.54) is 16.9 Å². The zero-order chi connectivity index (χ0) is 13.7. The minimum absolute atomic E-state index is 0.176. The number of aryl methyl sites for hydroxylation is 2. The molecule has 100 valence electrons. The van der Waals surface area contributed by atoms with Gasteiger partial charge in [0.25, 0.3) is 0 Å². The van der Waals surface area contributed by atoms with Crippen molar-refractivity contribution in [3.05, 3.63) is 47.0 Å². The van der Waals surface area contributed by atoms with Gasteiger partial charge < -0.3 is 11.1 Å². The van der Waals surface area contributed by atoms with Gasteiger partial charge in [0.1, 0.15) is 0 Å². The van der Waals surface area contributed by atoms with E-state index in [0.717, 1.165) is 12.1 Å². The summed E-state index contributed by atoms with van der Waals surface area (Å²) in [5.74, 6) is -0.176. The molecule has 1 atom stereocenters. The number of nitrogens with two attached hydrogens (primary N) is 1. The Hall–Kier alpha value is -1.72. The van der Waals surface area contributed by atoms with Gasteiger partial charge in [-0.3, -0.25) is 4.79 Å². The molecule has 2 aromatic rings. The summed E-state index contributed by atoms with van der Waals surface area (Å²) in [4.78, 5) is 16.1. The van der Waals surface area contributed by atoms with Crippen LogP contribution in [0.4, 0.5) is 5.13 Å². The normalized spacial score (nSPS) is 12.1. The summed E-state index contributed by atoms with van der Waals surface area (Å²) < 4.78 is 0. The Kier molecular flexibility index (Phi) is 4.65. The Morgan fingerprint density at radius 3 is 2.79 bits per heavy atom. The van der Waals surface area contributed by atoms with E-state index in [9.17, 15) is 4.79 Å². The molecule has 0 saturated carbocycles. The quantitative estimate of drug-likeness (QED) is 0.880. The van der Waals surface area contributed by atoms with Crippen LogP contribution in [0.5, 0.6) is 0 Å². The predicted molar refractivity (Wildman–Crippen MR) is 78.2 cm³/mol. The van der Waals surface area contributed by atoms with Crippen molar-refractivity contribution in [2.45, 2.75) is 25.8 Å². The average Bonchev–Trinajstić information content (AvgIpc) is 2.82. The molecule has 0 bridgehead atoms. The third-order valence-electron chi connectivity index (χ3n) is 2.77. The number of anilines is 1. The van der Waals surface area contributed by atoms with Crippen molar-refractivity contribution in [3.8, 4) is 0 Å². The van der Waals surface area contributed by atoms with Gasteiger partial charge >= 0.3 is 0 Å². The zero-order valence-electron chi connectivity index (χ0n) is 10.8. The summed E-state index contributed by atoms with van der Waals surface area (Å²) >= 11 is 1.41. The summed E-state index contributed by atoms with van der Waals surface area (Å²) in [5, 5.41) is 5.25. The van der Waals surface area contributed by atoms with Crippen LogP contribution in [0.1, 0.15) is 17.7 Å². The molecule has 19 heavy (non-hydrogen) atoms. The molecule has 1 heterocycles. The molecule has 1 aromatic carbocycles. The molecule has 0 aliphatic carbocycles. The van der Waals surface area contributed by atoms with Gasteiger partial charge in [0, 0.05) is 5.38 Å². The highest BCUT2D eigenvalue weighted by Gasteiger charge is 2.14. The average molecular weight is 275 g/mol. The molecule has 0 saturated heterocycles. The molecule has 3 N–H and O–H groups in total. The lowest BCUT2D eigenvalue weighted by molar-refractivity contribution is -0.117. The largest absolute Gasteiger partial charge is 0.320 e. The number of rotatable bonds is 5. The molecule has 4 nitrogen and oxygen atoms in total. The first-order valence-corrected chi connectivity index (χ1v) is 7.05. The third kappa shape index (κ3) is 4.15. The SMILES string of the molecule is Cc1csc(NC(=O)C(N)CCc2ccccc2)n1. The number of carbonyl (C=O) groups is 1. The fourth-order valence-corrected chi connectivity index (χ4v) is 2.40. The van der Waals surface area contributed by atoms with Crippen molar-refractivity contribution in [3.63, 3.8) is 0 Å². The molecular formula is C14H17N3OS. The molecule has 0 aliphatic heterocycles. The van der Waals surface area contributed by atoms with Gasteiger partial charge in [-0.2, -0.15) is 0 Å². The number of amides is 1. The first-order valence-electron chi connectivity index (χ1n) is 6.17. The first-order chi connectivity index (χ1) is 9.15. The van der Waals surface area contributed by atoms with Crippen LogP contribution in [-0.2, 0) is 11.2 Å². The molecule has 1 amide bonds. The molecular weight excluding hydrogens is 258 g/mol. The van der Waals surface area contributed by atoms with Crippen LogP contribution in [0.15, 0.2) is 35.7 Å². The zero-order valence-corrected chi connectivity index (χ0v) is 11.6. The van der Waals surface area contributed by atoms with Gasteiger partial charge in [0.2, 0.25) is 5.91 Å². The van der Waals surface area contributed by atoms with Crippen LogP contribution in [-0.4, -0.2) is 16.9 Å². The maximum Gasteiger partial charge on any atom is 0.243 e. The van der Waals surface area contributed by atoms with Crippen molar-refractivity contribution in [1.29, 1.82) is 0 Å². The summed E-state index contributed by atoms with van der Waals surface area (Å²) in [5.41, 5.74) is 7.98. The highest BCUT2D eigenvalue weighted by Crippen LogP contribution is 2.15. The van der Waals surface area contributed by atoms with E-state index in [2.05, 4.69) is 10.3 Å². The Labute approximate surface area is 116 Å². The van der Waals surface area contributed by atoms with Crippen LogP contribution < -0.4 is 11.1 Å². The second kappa shape index (κ2) is 6.45. The van der Waals surface area contributed by atoms with Crippen molar-refractivity contribution in [2.75, 3.05) is 5.32 Å². The summed E-state index contributed by atoms with van der Waals surface area (Å²) in [6.07, 6.45) is 1.42. The maximum absolute atomic E-state index is 11.9. The number of nitrogens with zero attached hydrogens (tertiary/aromatic N) is 1. The Balaban J connectivity index is 1.82. The van der Waals surface area contributed by atoms with Crippen LogP contribution in [0.3, 0.4) is 0 Å². The van der Waals surface area contributed by atoms with Gasteiger partial charge in [-0.25, -0.2) is 4.98 Å². The van der Waals surface area contributed by atoms with Crippen molar-refractivity contribution >= 4 is 22.4 Å². The maximum atomic E-state index is 11.9. The molecule has 2 rings (SSSR count). The van der Waals surface area contributed by atoms with E-state index >= 15 is 0 Å². The van der Waals surface area contributed by atoms with E-state index < -0.39 is 6.04 Å². The minimum Gasteiger partial charge on any atom is -0.320 e. The minimum atomic E-state index is -0.510. The van der Waals surface area contributed by atoms with Gasteiger partial charge in [-0.15, -0.1) is 11.3 Å². The van der Waals surface area contributed by atoms with E-state index in [1.54, 1.807) is 0 Å². The second-order valence-corrected chi connectivity index (χ2v) is 5.27. The fraction of sp³-hybridized carbons (Fsp3) is 0.286. The Bertz CT molecular complexity index is 539.